The van der Waals surface area contributed by atoms with Crippen LogP contribution < -0.4 is 11.2 Å². The summed E-state index contributed by atoms with van der Waals surface area (Å²) < 4.78 is 2.00. The summed E-state index contributed by atoms with van der Waals surface area (Å²) >= 11 is 0. The molecule has 3 heteroatoms. The standard InChI is InChI=1S/C14H24N2O/c1-2-3-4-5-6-7-8-10-16-11-9-14(17)13(15)12-16/h9,11-12H,2-8,10,15H2,1H3. The molecule has 0 atom stereocenters. The maximum absolute atomic E-state index is 11.1. The SMILES string of the molecule is CCCCCCCCCn1ccc(=O)c(N)c1. The average molecular weight is 236 g/mol. The van der Waals surface area contributed by atoms with Crippen LogP contribution in [0.25, 0.3) is 0 Å². The van der Waals surface area contributed by atoms with Gasteiger partial charge in [0.05, 0.1) is 5.69 Å². The predicted octanol–water partition coefficient (Wildman–Crippen LogP) is 3.18. The summed E-state index contributed by atoms with van der Waals surface area (Å²) in [5, 5.41) is 0. The highest BCUT2D eigenvalue weighted by Gasteiger charge is 1.95. The molecule has 0 aliphatic heterocycles. The third-order valence-electron chi connectivity index (χ3n) is 3.03. The number of anilines is 1. The molecule has 17 heavy (non-hydrogen) atoms. The molecule has 1 aromatic rings. The van der Waals surface area contributed by atoms with Crippen LogP contribution in [0, 0.1) is 0 Å². The van der Waals surface area contributed by atoms with Crippen molar-refractivity contribution in [1.82, 2.24) is 4.57 Å². The molecule has 0 spiro atoms. The fourth-order valence-electron chi connectivity index (χ4n) is 1.94. The molecule has 2 N–H and O–H groups in total. The quantitative estimate of drug-likeness (QED) is 0.705. The smallest absolute Gasteiger partial charge is 0.204 e. The lowest BCUT2D eigenvalue weighted by Gasteiger charge is -2.06. The molecule has 0 aliphatic rings. The second-order valence-electron chi connectivity index (χ2n) is 4.62. The molecule has 3 nitrogen and oxygen atoms in total. The zero-order chi connectivity index (χ0) is 12.5. The molecule has 0 fully saturated rings. The van der Waals surface area contributed by atoms with E-state index in [0.717, 1.165) is 13.0 Å². The fourth-order valence-corrected chi connectivity index (χ4v) is 1.94. The number of rotatable bonds is 8. The third kappa shape index (κ3) is 5.57. The predicted molar refractivity (Wildman–Crippen MR) is 73.1 cm³/mol. The van der Waals surface area contributed by atoms with Crippen LogP contribution in [0.5, 0.6) is 0 Å². The summed E-state index contributed by atoms with van der Waals surface area (Å²) in [6, 6.07) is 1.54. The van der Waals surface area contributed by atoms with Gasteiger partial charge in [0.15, 0.2) is 0 Å². The van der Waals surface area contributed by atoms with E-state index < -0.39 is 0 Å². The molecule has 0 radical (unpaired) electrons. The highest BCUT2D eigenvalue weighted by molar-refractivity contribution is 5.33. The van der Waals surface area contributed by atoms with E-state index in [1.807, 2.05) is 10.8 Å². The van der Waals surface area contributed by atoms with Crippen LogP contribution in [0.4, 0.5) is 5.69 Å². The molecule has 0 saturated heterocycles. The molecule has 96 valence electrons. The van der Waals surface area contributed by atoms with Crippen LogP contribution in [0.3, 0.4) is 0 Å². The minimum absolute atomic E-state index is 0.0826. The topological polar surface area (TPSA) is 48.0 Å². The van der Waals surface area contributed by atoms with E-state index in [9.17, 15) is 4.79 Å². The average Bonchev–Trinajstić information content (AvgIpc) is 2.32. The van der Waals surface area contributed by atoms with E-state index in [2.05, 4.69) is 6.92 Å². The Morgan fingerprint density at radius 1 is 1.12 bits per heavy atom. The monoisotopic (exact) mass is 236 g/mol. The van der Waals surface area contributed by atoms with Gasteiger partial charge in [0, 0.05) is 25.0 Å². The normalized spacial score (nSPS) is 10.6. The van der Waals surface area contributed by atoms with Gasteiger partial charge in [-0.1, -0.05) is 45.4 Å². The number of aryl methyl sites for hydroxylation is 1. The minimum Gasteiger partial charge on any atom is -0.394 e. The zero-order valence-electron chi connectivity index (χ0n) is 10.8. The number of nitrogen functional groups attached to an aromatic ring is 1. The van der Waals surface area contributed by atoms with Gasteiger partial charge in [-0.3, -0.25) is 4.79 Å². The van der Waals surface area contributed by atoms with Crippen molar-refractivity contribution >= 4 is 5.69 Å². The first-order chi connectivity index (χ1) is 8.24. The van der Waals surface area contributed by atoms with Crippen LogP contribution in [0.15, 0.2) is 23.3 Å². The van der Waals surface area contributed by atoms with Crippen molar-refractivity contribution in [1.29, 1.82) is 0 Å². The number of nitrogens with zero attached hydrogens (tertiary/aromatic N) is 1. The summed E-state index contributed by atoms with van der Waals surface area (Å²) in [5.41, 5.74) is 5.83. The van der Waals surface area contributed by atoms with Gasteiger partial charge in [-0.05, 0) is 6.42 Å². The molecular formula is C14H24N2O. The zero-order valence-corrected chi connectivity index (χ0v) is 10.8. The number of nitrogens with two attached hydrogens (primary N) is 1. The lowest BCUT2D eigenvalue weighted by molar-refractivity contribution is 0.549. The Bertz CT molecular complexity index is 371. The first-order valence-corrected chi connectivity index (χ1v) is 6.69. The Kier molecular flexibility index (Phi) is 6.45. The summed E-state index contributed by atoms with van der Waals surface area (Å²) in [6.45, 7) is 3.19. The van der Waals surface area contributed by atoms with Gasteiger partial charge in [0.2, 0.25) is 5.43 Å². The van der Waals surface area contributed by atoms with E-state index >= 15 is 0 Å². The molecule has 1 heterocycles. The fraction of sp³-hybridized carbons (Fsp3) is 0.643. The highest BCUT2D eigenvalue weighted by Crippen LogP contribution is 2.07. The second-order valence-corrected chi connectivity index (χ2v) is 4.62. The molecule has 1 rings (SSSR count). The van der Waals surface area contributed by atoms with Crippen LogP contribution >= 0.6 is 0 Å². The lowest BCUT2D eigenvalue weighted by Crippen LogP contribution is -2.10. The second kappa shape index (κ2) is 7.93. The van der Waals surface area contributed by atoms with Gasteiger partial charge in [-0.2, -0.15) is 0 Å². The maximum atomic E-state index is 11.1. The van der Waals surface area contributed by atoms with Crippen LogP contribution in [-0.2, 0) is 6.54 Å². The Morgan fingerprint density at radius 2 is 1.76 bits per heavy atom. The van der Waals surface area contributed by atoms with Gasteiger partial charge in [0.25, 0.3) is 0 Å². The molecule has 0 aliphatic carbocycles. The van der Waals surface area contributed by atoms with E-state index in [4.69, 9.17) is 5.73 Å². The third-order valence-corrected chi connectivity index (χ3v) is 3.03. The van der Waals surface area contributed by atoms with Gasteiger partial charge < -0.3 is 10.3 Å². The van der Waals surface area contributed by atoms with Crippen LogP contribution in [0.2, 0.25) is 0 Å². The van der Waals surface area contributed by atoms with E-state index in [1.54, 1.807) is 6.20 Å². The Balaban J connectivity index is 2.14. The van der Waals surface area contributed by atoms with Crippen molar-refractivity contribution in [3.8, 4) is 0 Å². The summed E-state index contributed by atoms with van der Waals surface area (Å²) in [5.74, 6) is 0. The number of hydrogen-bond donors (Lipinski definition) is 1. The van der Waals surface area contributed by atoms with Crippen LogP contribution in [0.1, 0.15) is 51.9 Å². The largest absolute Gasteiger partial charge is 0.394 e. The summed E-state index contributed by atoms with van der Waals surface area (Å²) in [7, 11) is 0. The van der Waals surface area contributed by atoms with Crippen molar-refractivity contribution in [3.63, 3.8) is 0 Å². The molecule has 1 aromatic heterocycles. The Labute approximate surface area is 104 Å². The summed E-state index contributed by atoms with van der Waals surface area (Å²) in [6.07, 6.45) is 12.7. The van der Waals surface area contributed by atoms with Crippen molar-refractivity contribution < 1.29 is 0 Å². The van der Waals surface area contributed by atoms with Gasteiger partial charge in [-0.25, -0.2) is 0 Å². The summed E-state index contributed by atoms with van der Waals surface area (Å²) in [4.78, 5) is 11.1. The number of hydrogen-bond acceptors (Lipinski definition) is 2. The first kappa shape index (κ1) is 13.8. The van der Waals surface area contributed by atoms with Gasteiger partial charge in [-0.15, -0.1) is 0 Å². The molecule has 0 saturated carbocycles. The van der Waals surface area contributed by atoms with E-state index in [-0.39, 0.29) is 5.43 Å². The highest BCUT2D eigenvalue weighted by atomic mass is 16.1. The van der Waals surface area contributed by atoms with E-state index in [1.165, 1.54) is 44.6 Å². The van der Waals surface area contributed by atoms with Crippen molar-refractivity contribution in [2.75, 3.05) is 5.73 Å². The minimum atomic E-state index is -0.0826. The first-order valence-electron chi connectivity index (χ1n) is 6.69. The Morgan fingerprint density at radius 3 is 2.41 bits per heavy atom. The maximum Gasteiger partial charge on any atom is 0.204 e. The van der Waals surface area contributed by atoms with Crippen molar-refractivity contribution in [2.45, 2.75) is 58.4 Å². The molecular weight excluding hydrogens is 212 g/mol. The van der Waals surface area contributed by atoms with Gasteiger partial charge >= 0.3 is 0 Å². The molecule has 0 amide bonds. The lowest BCUT2D eigenvalue weighted by atomic mass is 10.1. The molecule has 0 aromatic carbocycles. The Hall–Kier alpha value is -1.25. The van der Waals surface area contributed by atoms with Crippen molar-refractivity contribution in [2.24, 2.45) is 0 Å². The molecule has 0 bridgehead atoms. The molecule has 0 unspecified atom stereocenters. The number of pyridine rings is 1. The van der Waals surface area contributed by atoms with Crippen molar-refractivity contribution in [3.05, 3.63) is 28.7 Å². The van der Waals surface area contributed by atoms with Crippen LogP contribution in [-0.4, -0.2) is 4.57 Å². The number of aromatic nitrogens is 1. The van der Waals surface area contributed by atoms with E-state index in [0.29, 0.717) is 5.69 Å². The number of unbranched alkanes of at least 4 members (excludes halogenated alkanes) is 6. The van der Waals surface area contributed by atoms with Gasteiger partial charge in [0.1, 0.15) is 0 Å².